The van der Waals surface area contributed by atoms with Crippen LogP contribution in [-0.4, -0.2) is 31.6 Å². The number of nitrogens with one attached hydrogen (secondary N) is 1. The fourth-order valence-corrected chi connectivity index (χ4v) is 2.13. The van der Waals surface area contributed by atoms with Crippen molar-refractivity contribution in [1.82, 2.24) is 10.2 Å². The van der Waals surface area contributed by atoms with Gasteiger partial charge in [-0.05, 0) is 38.5 Å². The summed E-state index contributed by atoms with van der Waals surface area (Å²) in [6.07, 6.45) is 4.26. The highest BCUT2D eigenvalue weighted by Gasteiger charge is 2.15. The summed E-state index contributed by atoms with van der Waals surface area (Å²) in [5, 5.41) is 3.46. The standard InChI is InChI=1S/C16H26N2/c1-4-6-10-13-18(3)16(14-17-5-2)15-11-8-7-9-12-15/h4,7-9,11-12,16-17H,1,5-6,10,13-14H2,2-3H3. The number of hydrogen-bond acceptors (Lipinski definition) is 2. The molecule has 18 heavy (non-hydrogen) atoms. The van der Waals surface area contributed by atoms with E-state index >= 15 is 0 Å². The molecule has 0 amide bonds. The van der Waals surface area contributed by atoms with E-state index < -0.39 is 0 Å². The molecule has 0 heterocycles. The summed E-state index contributed by atoms with van der Waals surface area (Å²) < 4.78 is 0. The fourth-order valence-electron chi connectivity index (χ4n) is 2.13. The molecule has 1 aromatic carbocycles. The zero-order valence-electron chi connectivity index (χ0n) is 11.7. The molecule has 2 nitrogen and oxygen atoms in total. The summed E-state index contributed by atoms with van der Waals surface area (Å²) >= 11 is 0. The van der Waals surface area contributed by atoms with Crippen LogP contribution in [0.3, 0.4) is 0 Å². The van der Waals surface area contributed by atoms with Crippen molar-refractivity contribution in [2.75, 3.05) is 26.7 Å². The van der Waals surface area contributed by atoms with Gasteiger partial charge in [-0.1, -0.05) is 43.3 Å². The van der Waals surface area contributed by atoms with Crippen LogP contribution in [-0.2, 0) is 0 Å². The minimum absolute atomic E-state index is 0.455. The highest BCUT2D eigenvalue weighted by molar-refractivity contribution is 5.19. The van der Waals surface area contributed by atoms with Crippen LogP contribution in [0, 0.1) is 0 Å². The number of benzene rings is 1. The van der Waals surface area contributed by atoms with Crippen molar-refractivity contribution in [3.8, 4) is 0 Å². The average Bonchev–Trinajstić information content (AvgIpc) is 2.41. The van der Waals surface area contributed by atoms with Gasteiger partial charge in [0.1, 0.15) is 0 Å². The van der Waals surface area contributed by atoms with E-state index in [0.29, 0.717) is 6.04 Å². The van der Waals surface area contributed by atoms with Crippen LogP contribution in [0.25, 0.3) is 0 Å². The molecule has 0 fully saturated rings. The summed E-state index contributed by atoms with van der Waals surface area (Å²) in [7, 11) is 2.21. The van der Waals surface area contributed by atoms with E-state index in [9.17, 15) is 0 Å². The lowest BCUT2D eigenvalue weighted by molar-refractivity contribution is 0.237. The lowest BCUT2D eigenvalue weighted by Gasteiger charge is -2.28. The van der Waals surface area contributed by atoms with Crippen LogP contribution < -0.4 is 5.32 Å². The van der Waals surface area contributed by atoms with E-state index in [0.717, 1.165) is 26.1 Å². The molecular formula is C16H26N2. The van der Waals surface area contributed by atoms with Gasteiger partial charge in [0, 0.05) is 12.6 Å². The second-order valence-electron chi connectivity index (χ2n) is 4.65. The molecule has 1 unspecified atom stereocenters. The van der Waals surface area contributed by atoms with Gasteiger partial charge in [-0.2, -0.15) is 0 Å². The summed E-state index contributed by atoms with van der Waals surface area (Å²) in [6.45, 7) is 9.06. The van der Waals surface area contributed by atoms with E-state index in [2.05, 4.69) is 61.1 Å². The monoisotopic (exact) mass is 246 g/mol. The molecule has 0 saturated heterocycles. The Hall–Kier alpha value is -1.12. The van der Waals surface area contributed by atoms with Gasteiger partial charge in [0.15, 0.2) is 0 Å². The lowest BCUT2D eigenvalue weighted by Crippen LogP contribution is -2.34. The minimum atomic E-state index is 0.455. The second-order valence-corrected chi connectivity index (χ2v) is 4.65. The van der Waals surface area contributed by atoms with E-state index in [1.54, 1.807) is 0 Å². The van der Waals surface area contributed by atoms with Gasteiger partial charge in [-0.15, -0.1) is 6.58 Å². The van der Waals surface area contributed by atoms with Crippen molar-refractivity contribution < 1.29 is 0 Å². The third kappa shape index (κ3) is 5.03. The van der Waals surface area contributed by atoms with Gasteiger partial charge in [0.2, 0.25) is 0 Å². The van der Waals surface area contributed by atoms with E-state index in [1.807, 2.05) is 6.08 Å². The van der Waals surface area contributed by atoms with Gasteiger partial charge in [-0.25, -0.2) is 0 Å². The van der Waals surface area contributed by atoms with E-state index in [4.69, 9.17) is 0 Å². The van der Waals surface area contributed by atoms with Crippen molar-refractivity contribution in [2.24, 2.45) is 0 Å². The van der Waals surface area contributed by atoms with Crippen molar-refractivity contribution >= 4 is 0 Å². The first-order chi connectivity index (χ1) is 8.79. The molecule has 0 aliphatic carbocycles. The molecule has 1 aromatic rings. The molecule has 0 spiro atoms. The maximum Gasteiger partial charge on any atom is 0.0469 e. The molecule has 0 aliphatic rings. The molecular weight excluding hydrogens is 220 g/mol. The number of likely N-dealkylation sites (N-methyl/N-ethyl adjacent to an activating group) is 2. The molecule has 1 N–H and O–H groups in total. The van der Waals surface area contributed by atoms with Crippen molar-refractivity contribution in [2.45, 2.75) is 25.8 Å². The van der Waals surface area contributed by atoms with Crippen molar-refractivity contribution in [1.29, 1.82) is 0 Å². The van der Waals surface area contributed by atoms with E-state index in [-0.39, 0.29) is 0 Å². The number of allylic oxidation sites excluding steroid dienone is 1. The molecule has 0 saturated carbocycles. The number of rotatable bonds is 9. The topological polar surface area (TPSA) is 15.3 Å². The van der Waals surface area contributed by atoms with Gasteiger partial charge in [0.25, 0.3) is 0 Å². The summed E-state index contributed by atoms with van der Waals surface area (Å²) in [5.41, 5.74) is 1.39. The number of hydrogen-bond donors (Lipinski definition) is 1. The van der Waals surface area contributed by atoms with Crippen LogP contribution in [0.1, 0.15) is 31.4 Å². The zero-order valence-corrected chi connectivity index (χ0v) is 11.7. The number of unbranched alkanes of at least 4 members (excludes halogenated alkanes) is 1. The maximum absolute atomic E-state index is 3.78. The van der Waals surface area contributed by atoms with Gasteiger partial charge in [-0.3, -0.25) is 4.90 Å². The van der Waals surface area contributed by atoms with Crippen LogP contribution in [0.5, 0.6) is 0 Å². The third-order valence-corrected chi connectivity index (χ3v) is 3.22. The Morgan fingerprint density at radius 2 is 2.06 bits per heavy atom. The molecule has 0 radical (unpaired) electrons. The predicted octanol–water partition coefficient (Wildman–Crippen LogP) is 3.24. The van der Waals surface area contributed by atoms with Gasteiger partial charge >= 0.3 is 0 Å². The largest absolute Gasteiger partial charge is 0.315 e. The Morgan fingerprint density at radius 1 is 1.33 bits per heavy atom. The molecule has 0 aliphatic heterocycles. The Bertz CT molecular complexity index is 321. The summed E-state index contributed by atoms with van der Waals surface area (Å²) in [4.78, 5) is 2.43. The smallest absolute Gasteiger partial charge is 0.0469 e. The Labute approximate surface area is 112 Å². The SMILES string of the molecule is C=CCCCN(C)C(CNCC)c1ccccc1. The highest BCUT2D eigenvalue weighted by Crippen LogP contribution is 2.18. The Kier molecular flexibility index (Phi) is 7.38. The van der Waals surface area contributed by atoms with Crippen LogP contribution in [0.2, 0.25) is 0 Å². The van der Waals surface area contributed by atoms with Crippen molar-refractivity contribution in [3.63, 3.8) is 0 Å². The molecule has 1 rings (SSSR count). The predicted molar refractivity (Wildman–Crippen MR) is 79.8 cm³/mol. The molecule has 100 valence electrons. The van der Waals surface area contributed by atoms with Crippen LogP contribution >= 0.6 is 0 Å². The molecule has 0 aromatic heterocycles. The minimum Gasteiger partial charge on any atom is -0.315 e. The molecule has 1 atom stereocenters. The summed E-state index contributed by atoms with van der Waals surface area (Å²) in [6, 6.07) is 11.2. The first kappa shape index (κ1) is 14.9. The quantitative estimate of drug-likeness (QED) is 0.531. The first-order valence-electron chi connectivity index (χ1n) is 6.86. The van der Waals surface area contributed by atoms with E-state index in [1.165, 1.54) is 12.0 Å². The van der Waals surface area contributed by atoms with Gasteiger partial charge in [0.05, 0.1) is 0 Å². The third-order valence-electron chi connectivity index (χ3n) is 3.22. The Morgan fingerprint density at radius 3 is 2.67 bits per heavy atom. The van der Waals surface area contributed by atoms with Crippen LogP contribution in [0.4, 0.5) is 0 Å². The summed E-state index contributed by atoms with van der Waals surface area (Å²) in [5.74, 6) is 0. The fraction of sp³-hybridized carbons (Fsp3) is 0.500. The molecule has 0 bridgehead atoms. The normalized spacial score (nSPS) is 12.6. The molecule has 2 heteroatoms. The first-order valence-corrected chi connectivity index (χ1v) is 6.86. The zero-order chi connectivity index (χ0) is 13.2. The average molecular weight is 246 g/mol. The lowest BCUT2D eigenvalue weighted by atomic mass is 10.1. The van der Waals surface area contributed by atoms with Crippen LogP contribution in [0.15, 0.2) is 43.0 Å². The van der Waals surface area contributed by atoms with Gasteiger partial charge < -0.3 is 5.32 Å². The number of nitrogens with zero attached hydrogens (tertiary/aromatic N) is 1. The highest BCUT2D eigenvalue weighted by atomic mass is 15.1. The Balaban J connectivity index is 2.62. The second kappa shape index (κ2) is 8.90. The maximum atomic E-state index is 3.78. The van der Waals surface area contributed by atoms with Crippen molar-refractivity contribution in [3.05, 3.63) is 48.6 Å².